The van der Waals surface area contributed by atoms with Crippen LogP contribution in [0.2, 0.25) is 0 Å². The van der Waals surface area contributed by atoms with Crippen LogP contribution < -0.4 is 0 Å². The monoisotopic (exact) mass is 186 g/mol. The van der Waals surface area contributed by atoms with Crippen molar-refractivity contribution in [1.82, 2.24) is 0 Å². The first-order valence-electron chi connectivity index (χ1n) is 4.27. The Balaban J connectivity index is 4.42. The van der Waals surface area contributed by atoms with Crippen molar-refractivity contribution in [2.45, 2.75) is 25.7 Å². The van der Waals surface area contributed by atoms with E-state index in [0.29, 0.717) is 0 Å². The van der Waals surface area contributed by atoms with Crippen molar-refractivity contribution in [2.75, 3.05) is 0 Å². The average Bonchev–Trinajstić information content (AvgIpc) is 2.17. The van der Waals surface area contributed by atoms with Crippen LogP contribution in [0.25, 0.3) is 0 Å². The van der Waals surface area contributed by atoms with E-state index in [-0.39, 0.29) is 37.5 Å². The third kappa shape index (κ3) is 4.10. The highest BCUT2D eigenvalue weighted by Crippen LogP contribution is 2.24. The summed E-state index contributed by atoms with van der Waals surface area (Å²) in [6, 6.07) is 7.92. The van der Waals surface area contributed by atoms with Crippen LogP contribution in [0.15, 0.2) is 0 Å². The van der Waals surface area contributed by atoms with Crippen LogP contribution in [0.4, 0.5) is 0 Å². The Labute approximate surface area is 83.6 Å². The van der Waals surface area contributed by atoms with E-state index >= 15 is 0 Å². The van der Waals surface area contributed by atoms with Gasteiger partial charge in [-0.3, -0.25) is 0 Å². The lowest BCUT2D eigenvalue weighted by Gasteiger charge is -2.17. The Kier molecular flexibility index (Phi) is 6.49. The maximum atomic E-state index is 8.52. The molecule has 4 heteroatoms. The summed E-state index contributed by atoms with van der Waals surface area (Å²) in [6.07, 6.45) is 0.951. The molecular weight excluding hydrogens is 176 g/mol. The van der Waals surface area contributed by atoms with Gasteiger partial charge in [0.05, 0.1) is 24.3 Å². The van der Waals surface area contributed by atoms with Crippen molar-refractivity contribution in [3.63, 3.8) is 0 Å². The summed E-state index contributed by atoms with van der Waals surface area (Å²) in [5.74, 6) is -0.298. The Hall–Kier alpha value is -2.04. The molecule has 0 unspecified atom stereocenters. The van der Waals surface area contributed by atoms with Gasteiger partial charge >= 0.3 is 0 Å². The normalized spacial score (nSPS) is 8.71. The summed E-state index contributed by atoms with van der Waals surface area (Å²) < 4.78 is 0. The van der Waals surface area contributed by atoms with Gasteiger partial charge in [0.15, 0.2) is 0 Å². The van der Waals surface area contributed by atoms with E-state index in [1.165, 1.54) is 0 Å². The Morgan fingerprint density at radius 1 is 0.571 bits per heavy atom. The molecule has 0 spiro atoms. The second-order valence-corrected chi connectivity index (χ2v) is 2.97. The van der Waals surface area contributed by atoms with Crippen molar-refractivity contribution in [3.8, 4) is 24.3 Å². The summed E-state index contributed by atoms with van der Waals surface area (Å²) in [6.45, 7) is 0. The largest absolute Gasteiger partial charge is 0.198 e. The number of hydrogen-bond acceptors (Lipinski definition) is 4. The molecule has 4 nitrogen and oxygen atoms in total. The van der Waals surface area contributed by atoms with Crippen LogP contribution >= 0.6 is 0 Å². The minimum Gasteiger partial charge on any atom is -0.198 e. The smallest absolute Gasteiger partial charge is 0.0625 e. The maximum Gasteiger partial charge on any atom is 0.0625 e. The second-order valence-electron chi connectivity index (χ2n) is 2.97. The summed E-state index contributed by atoms with van der Waals surface area (Å²) in [7, 11) is 0. The van der Waals surface area contributed by atoms with Crippen LogP contribution in [0.3, 0.4) is 0 Å². The molecular formula is C10H10N4. The van der Waals surface area contributed by atoms with E-state index in [2.05, 4.69) is 0 Å². The SMILES string of the molecule is N#CCC(CC#N)C(CC#N)CC#N. The van der Waals surface area contributed by atoms with E-state index in [4.69, 9.17) is 21.0 Å². The molecule has 14 heavy (non-hydrogen) atoms. The molecule has 0 aromatic rings. The van der Waals surface area contributed by atoms with Gasteiger partial charge in [-0.1, -0.05) is 0 Å². The van der Waals surface area contributed by atoms with Crippen molar-refractivity contribution < 1.29 is 0 Å². The van der Waals surface area contributed by atoms with Gasteiger partial charge in [0, 0.05) is 25.7 Å². The predicted octanol–water partition coefficient (Wildman–Crippen LogP) is 1.87. The maximum absolute atomic E-state index is 8.52. The number of nitriles is 4. The molecule has 0 amide bonds. The molecule has 0 aromatic carbocycles. The van der Waals surface area contributed by atoms with Crippen molar-refractivity contribution in [1.29, 1.82) is 21.0 Å². The first-order valence-corrected chi connectivity index (χ1v) is 4.27. The second kappa shape index (κ2) is 7.60. The summed E-state index contributed by atoms with van der Waals surface area (Å²) in [5, 5.41) is 34.1. The van der Waals surface area contributed by atoms with Gasteiger partial charge < -0.3 is 0 Å². The number of hydrogen-bond donors (Lipinski definition) is 0. The summed E-state index contributed by atoms with van der Waals surface area (Å²) in [4.78, 5) is 0. The highest BCUT2D eigenvalue weighted by Gasteiger charge is 2.20. The first kappa shape index (κ1) is 12.0. The Morgan fingerprint density at radius 2 is 0.786 bits per heavy atom. The molecule has 0 bridgehead atoms. The topological polar surface area (TPSA) is 95.2 Å². The third-order valence-corrected chi connectivity index (χ3v) is 2.08. The average molecular weight is 186 g/mol. The highest BCUT2D eigenvalue weighted by molar-refractivity contribution is 4.93. The van der Waals surface area contributed by atoms with Crippen LogP contribution in [0.1, 0.15) is 25.7 Å². The molecule has 0 aliphatic heterocycles. The standard InChI is InChI=1S/C10H10N4/c11-5-1-9(2-6-12)10(3-7-13)4-8-14/h9-10H,1-4H2. The van der Waals surface area contributed by atoms with Gasteiger partial charge in [-0.05, 0) is 11.8 Å². The quantitative estimate of drug-likeness (QED) is 0.654. The van der Waals surface area contributed by atoms with Crippen LogP contribution in [-0.4, -0.2) is 0 Å². The number of nitrogens with zero attached hydrogens (tertiary/aromatic N) is 4. The van der Waals surface area contributed by atoms with Crippen LogP contribution in [0, 0.1) is 57.2 Å². The fourth-order valence-corrected chi connectivity index (χ4v) is 1.28. The van der Waals surface area contributed by atoms with Crippen molar-refractivity contribution in [2.24, 2.45) is 11.8 Å². The zero-order chi connectivity index (χ0) is 10.8. The van der Waals surface area contributed by atoms with Crippen LogP contribution in [0.5, 0.6) is 0 Å². The van der Waals surface area contributed by atoms with E-state index in [1.807, 2.05) is 24.3 Å². The van der Waals surface area contributed by atoms with Gasteiger partial charge in [0.2, 0.25) is 0 Å². The fraction of sp³-hybridized carbons (Fsp3) is 0.600. The van der Waals surface area contributed by atoms with Gasteiger partial charge in [-0.2, -0.15) is 21.0 Å². The zero-order valence-electron chi connectivity index (χ0n) is 7.77. The van der Waals surface area contributed by atoms with E-state index in [1.54, 1.807) is 0 Å². The lowest BCUT2D eigenvalue weighted by atomic mass is 9.84. The predicted molar refractivity (Wildman–Crippen MR) is 47.9 cm³/mol. The van der Waals surface area contributed by atoms with Gasteiger partial charge in [0.25, 0.3) is 0 Å². The fourth-order valence-electron chi connectivity index (χ4n) is 1.28. The molecule has 0 N–H and O–H groups in total. The Bertz CT molecular complexity index is 254. The van der Waals surface area contributed by atoms with Crippen molar-refractivity contribution in [3.05, 3.63) is 0 Å². The zero-order valence-corrected chi connectivity index (χ0v) is 7.77. The third-order valence-electron chi connectivity index (χ3n) is 2.08. The van der Waals surface area contributed by atoms with E-state index in [0.717, 1.165) is 0 Å². The van der Waals surface area contributed by atoms with Gasteiger partial charge in [-0.25, -0.2) is 0 Å². The molecule has 0 aromatic heterocycles. The van der Waals surface area contributed by atoms with E-state index in [9.17, 15) is 0 Å². The lowest BCUT2D eigenvalue weighted by Crippen LogP contribution is -2.13. The molecule has 70 valence electrons. The van der Waals surface area contributed by atoms with Crippen molar-refractivity contribution >= 4 is 0 Å². The molecule has 0 radical (unpaired) electrons. The lowest BCUT2D eigenvalue weighted by molar-refractivity contribution is 0.352. The minimum atomic E-state index is -0.149. The number of rotatable bonds is 5. The molecule has 0 saturated carbocycles. The first-order chi connectivity index (χ1) is 6.79. The van der Waals surface area contributed by atoms with Gasteiger partial charge in [0.1, 0.15) is 0 Å². The molecule has 0 heterocycles. The molecule has 0 fully saturated rings. The minimum absolute atomic E-state index is 0.149. The summed E-state index contributed by atoms with van der Waals surface area (Å²) in [5.41, 5.74) is 0. The highest BCUT2D eigenvalue weighted by atomic mass is 14.3. The van der Waals surface area contributed by atoms with E-state index < -0.39 is 0 Å². The Morgan fingerprint density at radius 3 is 0.929 bits per heavy atom. The van der Waals surface area contributed by atoms with Gasteiger partial charge in [-0.15, -0.1) is 0 Å². The van der Waals surface area contributed by atoms with Crippen LogP contribution in [-0.2, 0) is 0 Å². The molecule has 0 aliphatic carbocycles. The summed E-state index contributed by atoms with van der Waals surface area (Å²) >= 11 is 0. The molecule has 0 aliphatic rings. The molecule has 0 rings (SSSR count). The molecule has 0 saturated heterocycles. The molecule has 0 atom stereocenters.